The molecule has 0 heterocycles. The van der Waals surface area contributed by atoms with Crippen molar-refractivity contribution in [2.45, 2.75) is 9.79 Å². The third-order valence-corrected chi connectivity index (χ3v) is 3.28. The van der Waals surface area contributed by atoms with E-state index in [1.807, 2.05) is 0 Å². The van der Waals surface area contributed by atoms with Crippen LogP contribution < -0.4 is 10.3 Å². The van der Waals surface area contributed by atoms with Gasteiger partial charge in [0, 0.05) is 0 Å². The van der Waals surface area contributed by atoms with Gasteiger partial charge in [-0.1, -0.05) is 6.07 Å². The third kappa shape index (κ3) is 4.64. The maximum atomic E-state index is 10.9. The molecule has 0 unspecified atom stereocenters. The van der Waals surface area contributed by atoms with E-state index < -0.39 is 20.0 Å². The number of primary sulfonamides is 2. The fourth-order valence-electron chi connectivity index (χ4n) is 0.828. The van der Waals surface area contributed by atoms with Crippen LogP contribution in [0.1, 0.15) is 0 Å². The molecule has 0 aliphatic rings. The number of benzene rings is 1. The van der Waals surface area contributed by atoms with Crippen LogP contribution in [0.25, 0.3) is 0 Å². The highest BCUT2D eigenvalue weighted by Crippen LogP contribution is 2.12. The van der Waals surface area contributed by atoms with Gasteiger partial charge in [0.1, 0.15) is 0 Å². The molecule has 16 heavy (non-hydrogen) atoms. The molecule has 0 radical (unpaired) electrons. The molecule has 4 N–H and O–H groups in total. The summed E-state index contributed by atoms with van der Waals surface area (Å²) in [4.78, 5) is -0.576. The maximum Gasteiger partial charge on any atom is 0.238 e. The van der Waals surface area contributed by atoms with Gasteiger partial charge in [0.05, 0.1) is 9.79 Å². The Morgan fingerprint density at radius 2 is 1.12 bits per heavy atom. The van der Waals surface area contributed by atoms with Crippen LogP contribution in [-0.2, 0) is 20.0 Å². The first-order chi connectivity index (χ1) is 6.21. The molecular formula is C6H10Cl2N2O4S2. The average molecular weight is 309 g/mol. The number of sulfonamides is 2. The molecule has 1 rings (SSSR count). The Morgan fingerprint density at radius 3 is 1.38 bits per heavy atom. The van der Waals surface area contributed by atoms with Gasteiger partial charge in [-0.05, 0) is 18.2 Å². The standard InChI is InChI=1S/C6H8N2O4S2.2ClH/c7-13(9,10)5-2-1-3-6(4-5)14(8,11)12;;/h1-4H,(H2,7,9,10)(H2,8,11,12);2*1H. The number of halogens is 2. The molecule has 0 spiro atoms. The van der Waals surface area contributed by atoms with Crippen LogP contribution in [0.2, 0.25) is 0 Å². The Labute approximate surface area is 106 Å². The summed E-state index contributed by atoms with van der Waals surface area (Å²) in [5.74, 6) is 0. The fourth-order valence-corrected chi connectivity index (χ4v) is 2.02. The van der Waals surface area contributed by atoms with Crippen molar-refractivity contribution in [2.24, 2.45) is 10.3 Å². The van der Waals surface area contributed by atoms with Gasteiger partial charge in [-0.3, -0.25) is 0 Å². The second kappa shape index (κ2) is 5.80. The van der Waals surface area contributed by atoms with E-state index in [2.05, 4.69) is 0 Å². The fraction of sp³-hybridized carbons (Fsp3) is 0. The molecule has 0 saturated heterocycles. The van der Waals surface area contributed by atoms with Crippen LogP contribution in [0.3, 0.4) is 0 Å². The first kappa shape index (κ1) is 18.0. The molecule has 0 bridgehead atoms. The van der Waals surface area contributed by atoms with Crippen molar-refractivity contribution in [3.8, 4) is 0 Å². The van der Waals surface area contributed by atoms with Gasteiger partial charge in [-0.2, -0.15) is 0 Å². The SMILES string of the molecule is Cl.Cl.NS(=O)(=O)c1cccc(S(N)(=O)=O)c1. The lowest BCUT2D eigenvalue weighted by Gasteiger charge is -2.00. The van der Waals surface area contributed by atoms with E-state index in [4.69, 9.17) is 10.3 Å². The summed E-state index contributed by atoms with van der Waals surface area (Å²) in [6, 6.07) is 4.53. The van der Waals surface area contributed by atoms with Crippen molar-refractivity contribution in [1.82, 2.24) is 0 Å². The second-order valence-electron chi connectivity index (χ2n) is 2.56. The van der Waals surface area contributed by atoms with Crippen molar-refractivity contribution in [2.75, 3.05) is 0 Å². The van der Waals surface area contributed by atoms with Crippen LogP contribution in [0.4, 0.5) is 0 Å². The number of hydrogen-bond acceptors (Lipinski definition) is 4. The molecule has 0 atom stereocenters. The average Bonchev–Trinajstić information content (AvgIpc) is 2.01. The zero-order chi connectivity index (χ0) is 11.0. The highest BCUT2D eigenvalue weighted by Gasteiger charge is 2.12. The van der Waals surface area contributed by atoms with Crippen LogP contribution in [0.15, 0.2) is 34.1 Å². The summed E-state index contributed by atoms with van der Waals surface area (Å²) in [5.41, 5.74) is 0. The zero-order valence-electron chi connectivity index (χ0n) is 7.73. The van der Waals surface area contributed by atoms with Gasteiger partial charge in [0.25, 0.3) is 0 Å². The number of hydrogen-bond donors (Lipinski definition) is 2. The predicted octanol–water partition coefficient (Wildman–Crippen LogP) is -0.175. The lowest BCUT2D eigenvalue weighted by molar-refractivity contribution is 0.596. The molecule has 94 valence electrons. The largest absolute Gasteiger partial charge is 0.238 e. The number of rotatable bonds is 2. The van der Waals surface area contributed by atoms with Gasteiger partial charge in [-0.25, -0.2) is 27.1 Å². The van der Waals surface area contributed by atoms with Gasteiger partial charge < -0.3 is 0 Å². The summed E-state index contributed by atoms with van der Waals surface area (Å²) >= 11 is 0. The summed E-state index contributed by atoms with van der Waals surface area (Å²) in [6.45, 7) is 0. The van der Waals surface area contributed by atoms with E-state index in [0.717, 1.165) is 6.07 Å². The predicted molar refractivity (Wildman–Crippen MR) is 63.7 cm³/mol. The minimum atomic E-state index is -3.91. The van der Waals surface area contributed by atoms with E-state index in [0.29, 0.717) is 0 Å². The van der Waals surface area contributed by atoms with Gasteiger partial charge in [0.15, 0.2) is 0 Å². The number of nitrogens with two attached hydrogens (primary N) is 2. The zero-order valence-corrected chi connectivity index (χ0v) is 11.0. The van der Waals surface area contributed by atoms with Gasteiger partial charge >= 0.3 is 0 Å². The highest BCUT2D eigenvalue weighted by atomic mass is 35.5. The summed E-state index contributed by atoms with van der Waals surface area (Å²) in [5, 5.41) is 9.61. The van der Waals surface area contributed by atoms with Crippen LogP contribution in [0, 0.1) is 0 Å². The van der Waals surface area contributed by atoms with E-state index >= 15 is 0 Å². The Balaban J connectivity index is 0. The Hall–Kier alpha value is -0.380. The molecule has 10 heteroatoms. The Bertz CT molecular complexity index is 508. The molecule has 0 aliphatic heterocycles. The molecule has 1 aromatic rings. The van der Waals surface area contributed by atoms with Gasteiger partial charge in [0.2, 0.25) is 20.0 Å². The summed E-state index contributed by atoms with van der Waals surface area (Å²) < 4.78 is 43.4. The quantitative estimate of drug-likeness (QED) is 0.787. The molecule has 0 amide bonds. The van der Waals surface area contributed by atoms with Gasteiger partial charge in [-0.15, -0.1) is 24.8 Å². The molecule has 0 fully saturated rings. The molecular weight excluding hydrogens is 299 g/mol. The lowest BCUT2D eigenvalue weighted by atomic mass is 10.4. The summed E-state index contributed by atoms with van der Waals surface area (Å²) in [6.07, 6.45) is 0. The van der Waals surface area contributed by atoms with Crippen molar-refractivity contribution in [1.29, 1.82) is 0 Å². The maximum absolute atomic E-state index is 10.9. The minimum absolute atomic E-state index is 0. The molecule has 6 nitrogen and oxygen atoms in total. The van der Waals surface area contributed by atoms with E-state index in [1.54, 1.807) is 0 Å². The van der Waals surface area contributed by atoms with E-state index in [9.17, 15) is 16.8 Å². The van der Waals surface area contributed by atoms with Crippen molar-refractivity contribution >= 4 is 44.9 Å². The van der Waals surface area contributed by atoms with Crippen LogP contribution in [0.5, 0.6) is 0 Å². The van der Waals surface area contributed by atoms with Crippen molar-refractivity contribution in [3.63, 3.8) is 0 Å². The van der Waals surface area contributed by atoms with Crippen molar-refractivity contribution < 1.29 is 16.8 Å². The topological polar surface area (TPSA) is 120 Å². The van der Waals surface area contributed by atoms with Crippen LogP contribution >= 0.6 is 24.8 Å². The normalized spacial score (nSPS) is 11.1. The third-order valence-electron chi connectivity index (χ3n) is 1.46. The molecule has 1 aromatic carbocycles. The second-order valence-corrected chi connectivity index (χ2v) is 5.69. The molecule has 0 aliphatic carbocycles. The first-order valence-corrected chi connectivity index (χ1v) is 6.46. The smallest absolute Gasteiger partial charge is 0.225 e. The Kier molecular flexibility index (Phi) is 6.53. The Morgan fingerprint density at radius 1 is 0.812 bits per heavy atom. The lowest BCUT2D eigenvalue weighted by Crippen LogP contribution is -2.15. The molecule has 0 saturated carbocycles. The summed E-state index contributed by atoms with van der Waals surface area (Å²) in [7, 11) is -7.81. The van der Waals surface area contributed by atoms with Crippen LogP contribution in [-0.4, -0.2) is 16.8 Å². The monoisotopic (exact) mass is 308 g/mol. The highest BCUT2D eigenvalue weighted by molar-refractivity contribution is 7.90. The first-order valence-electron chi connectivity index (χ1n) is 3.37. The van der Waals surface area contributed by atoms with E-state index in [1.165, 1.54) is 18.2 Å². The van der Waals surface area contributed by atoms with Crippen molar-refractivity contribution in [3.05, 3.63) is 24.3 Å². The minimum Gasteiger partial charge on any atom is -0.225 e. The molecule has 0 aromatic heterocycles. The van der Waals surface area contributed by atoms with E-state index in [-0.39, 0.29) is 34.6 Å².